The molecule has 0 aliphatic carbocycles. The lowest BCUT2D eigenvalue weighted by Gasteiger charge is -2.12. The molecule has 1 unspecified atom stereocenters. The fourth-order valence-corrected chi connectivity index (χ4v) is 3.29. The van der Waals surface area contributed by atoms with Gasteiger partial charge in [0.15, 0.2) is 0 Å². The summed E-state index contributed by atoms with van der Waals surface area (Å²) in [5, 5.41) is 0. The predicted octanol–water partition coefficient (Wildman–Crippen LogP) is 4.41. The van der Waals surface area contributed by atoms with Crippen LogP contribution in [-0.2, 0) is 6.42 Å². The van der Waals surface area contributed by atoms with Gasteiger partial charge in [0, 0.05) is 21.8 Å². The maximum atomic E-state index is 6.17. The molecule has 0 bridgehead atoms. The summed E-state index contributed by atoms with van der Waals surface area (Å²) < 4.78 is 1.87. The molecule has 0 saturated heterocycles. The van der Waals surface area contributed by atoms with Gasteiger partial charge < -0.3 is 5.73 Å². The molecule has 2 aromatic rings. The van der Waals surface area contributed by atoms with E-state index in [-0.39, 0.29) is 6.04 Å². The number of hydrogen-bond donors (Lipinski definition) is 1. The molecule has 2 rings (SSSR count). The van der Waals surface area contributed by atoms with E-state index in [9.17, 15) is 0 Å². The van der Waals surface area contributed by atoms with Crippen molar-refractivity contribution in [3.8, 4) is 0 Å². The Morgan fingerprint density at radius 1 is 1.25 bits per heavy atom. The SMILES string of the molecule is NC(Cc1ccc(Cl)s1)c1ccccc1Br. The van der Waals surface area contributed by atoms with Crippen LogP contribution in [0.25, 0.3) is 0 Å². The minimum Gasteiger partial charge on any atom is -0.324 e. The first kappa shape index (κ1) is 12.1. The van der Waals surface area contributed by atoms with E-state index in [1.54, 1.807) is 11.3 Å². The highest BCUT2D eigenvalue weighted by Gasteiger charge is 2.11. The summed E-state index contributed by atoms with van der Waals surface area (Å²) in [6.45, 7) is 0. The number of hydrogen-bond acceptors (Lipinski definition) is 2. The Bertz CT molecular complexity index is 483. The molecule has 1 nitrogen and oxygen atoms in total. The van der Waals surface area contributed by atoms with Crippen molar-refractivity contribution in [1.82, 2.24) is 0 Å². The zero-order valence-electron chi connectivity index (χ0n) is 8.49. The Labute approximate surface area is 112 Å². The minimum atomic E-state index is 0.00490. The normalized spacial score (nSPS) is 12.7. The second-order valence-corrected chi connectivity index (χ2v) is 6.19. The van der Waals surface area contributed by atoms with Crippen LogP contribution in [0.5, 0.6) is 0 Å². The van der Waals surface area contributed by atoms with Gasteiger partial charge in [-0.15, -0.1) is 11.3 Å². The molecule has 1 aromatic heterocycles. The van der Waals surface area contributed by atoms with Gasteiger partial charge in [0.1, 0.15) is 0 Å². The van der Waals surface area contributed by atoms with E-state index in [0.717, 1.165) is 20.8 Å². The first-order chi connectivity index (χ1) is 7.66. The van der Waals surface area contributed by atoms with Crippen LogP contribution < -0.4 is 5.73 Å². The fraction of sp³-hybridized carbons (Fsp3) is 0.167. The van der Waals surface area contributed by atoms with Crippen molar-refractivity contribution in [3.63, 3.8) is 0 Å². The Balaban J connectivity index is 2.14. The molecule has 4 heteroatoms. The lowest BCUT2D eigenvalue weighted by atomic mass is 10.0. The Hall–Kier alpha value is -0.350. The van der Waals surface area contributed by atoms with Crippen molar-refractivity contribution < 1.29 is 0 Å². The third kappa shape index (κ3) is 2.86. The highest BCUT2D eigenvalue weighted by Crippen LogP contribution is 2.28. The Kier molecular flexibility index (Phi) is 4.03. The topological polar surface area (TPSA) is 26.0 Å². The number of nitrogens with two attached hydrogens (primary N) is 1. The van der Waals surface area contributed by atoms with Crippen LogP contribution in [0.15, 0.2) is 40.9 Å². The number of rotatable bonds is 3. The van der Waals surface area contributed by atoms with Crippen LogP contribution >= 0.6 is 38.9 Å². The fourth-order valence-electron chi connectivity index (χ4n) is 1.56. The van der Waals surface area contributed by atoms with Gasteiger partial charge in [-0.05, 0) is 23.8 Å². The summed E-state index contributed by atoms with van der Waals surface area (Å²) in [5.41, 5.74) is 7.30. The molecule has 0 aliphatic heterocycles. The molecule has 0 fully saturated rings. The van der Waals surface area contributed by atoms with Crippen LogP contribution in [0.2, 0.25) is 4.34 Å². The molecule has 2 N–H and O–H groups in total. The Morgan fingerprint density at radius 2 is 2.00 bits per heavy atom. The van der Waals surface area contributed by atoms with Crippen LogP contribution in [0, 0.1) is 0 Å². The smallest absolute Gasteiger partial charge is 0.0931 e. The van der Waals surface area contributed by atoms with Gasteiger partial charge in [-0.3, -0.25) is 0 Å². The summed E-state index contributed by atoms with van der Waals surface area (Å²) in [5.74, 6) is 0. The first-order valence-corrected chi connectivity index (χ1v) is 6.90. The maximum Gasteiger partial charge on any atom is 0.0931 e. The van der Waals surface area contributed by atoms with E-state index in [0.29, 0.717) is 0 Å². The standard InChI is InChI=1S/C12H11BrClNS/c13-10-4-2-1-3-9(10)11(15)7-8-5-6-12(14)16-8/h1-6,11H,7,15H2. The molecule has 0 amide bonds. The summed E-state index contributed by atoms with van der Waals surface area (Å²) in [4.78, 5) is 1.22. The van der Waals surface area contributed by atoms with Crippen LogP contribution in [0.4, 0.5) is 0 Å². The molecular formula is C12H11BrClNS. The highest BCUT2D eigenvalue weighted by atomic mass is 79.9. The number of benzene rings is 1. The zero-order valence-corrected chi connectivity index (χ0v) is 11.6. The lowest BCUT2D eigenvalue weighted by molar-refractivity contribution is 0.726. The van der Waals surface area contributed by atoms with E-state index in [4.69, 9.17) is 17.3 Å². The summed E-state index contributed by atoms with van der Waals surface area (Å²) >= 11 is 11.0. The van der Waals surface area contributed by atoms with Gasteiger partial charge in [0.25, 0.3) is 0 Å². The van der Waals surface area contributed by atoms with E-state index < -0.39 is 0 Å². The van der Waals surface area contributed by atoms with Gasteiger partial charge >= 0.3 is 0 Å². The second-order valence-electron chi connectivity index (χ2n) is 3.54. The van der Waals surface area contributed by atoms with E-state index in [1.807, 2.05) is 36.4 Å². The molecule has 0 spiro atoms. The van der Waals surface area contributed by atoms with Gasteiger partial charge in [-0.25, -0.2) is 0 Å². The van der Waals surface area contributed by atoms with E-state index in [1.165, 1.54) is 4.88 Å². The number of halogens is 2. The van der Waals surface area contributed by atoms with Crippen molar-refractivity contribution in [2.45, 2.75) is 12.5 Å². The first-order valence-electron chi connectivity index (χ1n) is 4.91. The van der Waals surface area contributed by atoms with Gasteiger partial charge in [0.2, 0.25) is 0 Å². The second kappa shape index (κ2) is 5.32. The average molecular weight is 317 g/mol. The monoisotopic (exact) mass is 315 g/mol. The van der Waals surface area contributed by atoms with Crippen molar-refractivity contribution in [1.29, 1.82) is 0 Å². The zero-order chi connectivity index (χ0) is 11.5. The third-order valence-electron chi connectivity index (χ3n) is 2.35. The van der Waals surface area contributed by atoms with Crippen molar-refractivity contribution in [2.75, 3.05) is 0 Å². The van der Waals surface area contributed by atoms with Gasteiger partial charge in [-0.2, -0.15) is 0 Å². The highest BCUT2D eigenvalue weighted by molar-refractivity contribution is 9.10. The van der Waals surface area contributed by atoms with E-state index in [2.05, 4.69) is 15.9 Å². The Morgan fingerprint density at radius 3 is 2.62 bits per heavy atom. The molecule has 1 aromatic carbocycles. The minimum absolute atomic E-state index is 0.00490. The van der Waals surface area contributed by atoms with Crippen molar-refractivity contribution in [3.05, 3.63) is 55.6 Å². The van der Waals surface area contributed by atoms with Crippen LogP contribution in [-0.4, -0.2) is 0 Å². The summed E-state index contributed by atoms with van der Waals surface area (Å²) in [7, 11) is 0. The molecule has 16 heavy (non-hydrogen) atoms. The summed E-state index contributed by atoms with van der Waals surface area (Å²) in [6, 6.07) is 12.0. The van der Waals surface area contributed by atoms with Crippen LogP contribution in [0.3, 0.4) is 0 Å². The molecule has 0 saturated carbocycles. The molecule has 1 heterocycles. The quantitative estimate of drug-likeness (QED) is 0.892. The number of thiophene rings is 1. The van der Waals surface area contributed by atoms with Gasteiger partial charge in [-0.1, -0.05) is 45.7 Å². The summed E-state index contributed by atoms with van der Waals surface area (Å²) in [6.07, 6.45) is 0.819. The van der Waals surface area contributed by atoms with Crippen molar-refractivity contribution in [2.24, 2.45) is 5.73 Å². The predicted molar refractivity (Wildman–Crippen MR) is 74.1 cm³/mol. The maximum absolute atomic E-state index is 6.17. The molecule has 1 atom stereocenters. The molecule has 0 radical (unpaired) electrons. The lowest BCUT2D eigenvalue weighted by Crippen LogP contribution is -2.13. The third-order valence-corrected chi connectivity index (χ3v) is 4.33. The largest absolute Gasteiger partial charge is 0.324 e. The molecule has 84 valence electrons. The molecule has 0 aliphatic rings. The van der Waals surface area contributed by atoms with E-state index >= 15 is 0 Å². The van der Waals surface area contributed by atoms with Gasteiger partial charge in [0.05, 0.1) is 4.34 Å². The molecular weight excluding hydrogens is 306 g/mol. The van der Waals surface area contributed by atoms with Crippen molar-refractivity contribution >= 4 is 38.9 Å². The average Bonchev–Trinajstić information content (AvgIpc) is 2.64. The van der Waals surface area contributed by atoms with Crippen LogP contribution in [0.1, 0.15) is 16.5 Å².